The van der Waals surface area contributed by atoms with Gasteiger partial charge in [0, 0.05) is 25.2 Å². The molecule has 1 aliphatic heterocycles. The fourth-order valence-electron chi connectivity index (χ4n) is 3.34. The molecule has 1 saturated heterocycles. The number of aromatic nitrogens is 3. The molecule has 3 heterocycles. The molecule has 7 nitrogen and oxygen atoms in total. The molecular weight excluding hydrogens is 350 g/mol. The van der Waals surface area contributed by atoms with Gasteiger partial charge in [-0.2, -0.15) is 9.57 Å². The van der Waals surface area contributed by atoms with E-state index in [9.17, 15) is 8.42 Å². The third kappa shape index (κ3) is 2.85. The molecule has 132 valence electrons. The van der Waals surface area contributed by atoms with E-state index in [2.05, 4.69) is 10.2 Å². The van der Waals surface area contributed by atoms with Crippen LogP contribution in [-0.4, -0.2) is 40.4 Å². The lowest BCUT2D eigenvalue weighted by atomic mass is 9.97. The molecule has 8 heteroatoms. The molecule has 0 spiro atoms. The van der Waals surface area contributed by atoms with Gasteiger partial charge in [-0.15, -0.1) is 10.2 Å². The lowest BCUT2D eigenvalue weighted by molar-refractivity contribution is 0.312. The second-order valence-corrected chi connectivity index (χ2v) is 8.24. The van der Waals surface area contributed by atoms with Crippen molar-refractivity contribution in [1.29, 1.82) is 5.26 Å². The van der Waals surface area contributed by atoms with Crippen LogP contribution in [-0.2, 0) is 10.0 Å². The number of rotatable bonds is 3. The Labute approximate surface area is 151 Å². The Kier molecular flexibility index (Phi) is 4.18. The van der Waals surface area contributed by atoms with E-state index in [0.29, 0.717) is 31.5 Å². The molecule has 0 aliphatic carbocycles. The number of pyridine rings is 1. The highest BCUT2D eigenvalue weighted by molar-refractivity contribution is 7.89. The van der Waals surface area contributed by atoms with Gasteiger partial charge in [0.05, 0.1) is 16.5 Å². The fraction of sp³-hybridized carbons (Fsp3) is 0.278. The third-order valence-electron chi connectivity index (χ3n) is 4.78. The highest BCUT2D eigenvalue weighted by Crippen LogP contribution is 2.30. The maximum atomic E-state index is 12.8. The molecule has 0 amide bonds. The number of hydrogen-bond donors (Lipinski definition) is 0. The standard InChI is InChI=1S/C18H17N5O2S/c19-13-14-4-6-16(7-5-14)26(24,25)22-11-8-15(9-12-22)18-21-20-17-3-1-2-10-23(17)18/h1-7,10,15H,8-9,11-12H2. The maximum absolute atomic E-state index is 12.8. The molecule has 2 aromatic heterocycles. The van der Waals surface area contributed by atoms with E-state index in [1.54, 1.807) is 0 Å². The van der Waals surface area contributed by atoms with Gasteiger partial charge in [-0.3, -0.25) is 4.40 Å². The first kappa shape index (κ1) is 16.7. The topological polar surface area (TPSA) is 91.4 Å². The Morgan fingerprint density at radius 1 is 1.04 bits per heavy atom. The largest absolute Gasteiger partial charge is 0.286 e. The SMILES string of the molecule is N#Cc1ccc(S(=O)(=O)N2CCC(c3nnc4ccccn34)CC2)cc1. The first-order chi connectivity index (χ1) is 12.6. The number of hydrogen-bond acceptors (Lipinski definition) is 5. The van der Waals surface area contributed by atoms with Crippen molar-refractivity contribution in [3.63, 3.8) is 0 Å². The molecule has 0 bridgehead atoms. The summed E-state index contributed by atoms with van der Waals surface area (Å²) in [4.78, 5) is 0.225. The van der Waals surface area contributed by atoms with Gasteiger partial charge in [0.2, 0.25) is 10.0 Å². The zero-order valence-corrected chi connectivity index (χ0v) is 14.8. The summed E-state index contributed by atoms with van der Waals surface area (Å²) < 4.78 is 29.1. The number of benzene rings is 1. The molecular formula is C18H17N5O2S. The summed E-state index contributed by atoms with van der Waals surface area (Å²) >= 11 is 0. The second-order valence-electron chi connectivity index (χ2n) is 6.30. The number of fused-ring (bicyclic) bond motifs is 1. The Hall–Kier alpha value is -2.76. The quantitative estimate of drug-likeness (QED) is 0.707. The predicted molar refractivity (Wildman–Crippen MR) is 94.9 cm³/mol. The van der Waals surface area contributed by atoms with E-state index in [1.807, 2.05) is 34.9 Å². The lowest BCUT2D eigenvalue weighted by Crippen LogP contribution is -2.38. The summed E-state index contributed by atoms with van der Waals surface area (Å²) in [6, 6.07) is 13.8. The van der Waals surface area contributed by atoms with E-state index >= 15 is 0 Å². The molecule has 0 atom stereocenters. The van der Waals surface area contributed by atoms with Gasteiger partial charge < -0.3 is 0 Å². The van der Waals surface area contributed by atoms with E-state index in [1.165, 1.54) is 28.6 Å². The van der Waals surface area contributed by atoms with Crippen molar-refractivity contribution in [2.75, 3.05) is 13.1 Å². The molecule has 1 aromatic carbocycles. The summed E-state index contributed by atoms with van der Waals surface area (Å²) in [5, 5.41) is 17.3. The van der Waals surface area contributed by atoms with Crippen molar-refractivity contribution >= 4 is 15.7 Å². The third-order valence-corrected chi connectivity index (χ3v) is 6.69. The van der Waals surface area contributed by atoms with Crippen LogP contribution >= 0.6 is 0 Å². The number of piperidine rings is 1. The maximum Gasteiger partial charge on any atom is 0.243 e. The van der Waals surface area contributed by atoms with Crippen LogP contribution in [0.25, 0.3) is 5.65 Å². The summed E-state index contributed by atoms with van der Waals surface area (Å²) in [5.41, 5.74) is 1.25. The number of nitriles is 1. The molecule has 4 rings (SSSR count). The highest BCUT2D eigenvalue weighted by atomic mass is 32.2. The van der Waals surface area contributed by atoms with Crippen LogP contribution in [0.5, 0.6) is 0 Å². The van der Waals surface area contributed by atoms with Crippen LogP contribution in [0, 0.1) is 11.3 Å². The minimum atomic E-state index is -3.54. The van der Waals surface area contributed by atoms with Crippen LogP contribution in [0.4, 0.5) is 0 Å². The lowest BCUT2D eigenvalue weighted by Gasteiger charge is -2.30. The minimum Gasteiger partial charge on any atom is -0.286 e. The normalized spacial score (nSPS) is 16.6. The second kappa shape index (κ2) is 6.52. The molecule has 0 saturated carbocycles. The van der Waals surface area contributed by atoms with Crippen molar-refractivity contribution in [2.45, 2.75) is 23.7 Å². The van der Waals surface area contributed by atoms with Gasteiger partial charge in [0.15, 0.2) is 5.65 Å². The van der Waals surface area contributed by atoms with Crippen molar-refractivity contribution in [1.82, 2.24) is 18.9 Å². The van der Waals surface area contributed by atoms with Crippen molar-refractivity contribution in [2.24, 2.45) is 0 Å². The summed E-state index contributed by atoms with van der Waals surface area (Å²) in [7, 11) is -3.54. The summed E-state index contributed by atoms with van der Waals surface area (Å²) in [6.07, 6.45) is 3.33. The Morgan fingerprint density at radius 2 is 1.77 bits per heavy atom. The summed E-state index contributed by atoms with van der Waals surface area (Å²) in [6.45, 7) is 0.878. The van der Waals surface area contributed by atoms with Gasteiger partial charge in [-0.05, 0) is 49.2 Å². The first-order valence-corrected chi connectivity index (χ1v) is 9.83. The highest BCUT2D eigenvalue weighted by Gasteiger charge is 2.31. The van der Waals surface area contributed by atoms with Gasteiger partial charge in [-0.1, -0.05) is 6.07 Å². The predicted octanol–water partition coefficient (Wildman–Crippen LogP) is 2.17. The molecule has 0 radical (unpaired) electrons. The first-order valence-electron chi connectivity index (χ1n) is 8.39. The average Bonchev–Trinajstić information content (AvgIpc) is 3.12. The fourth-order valence-corrected chi connectivity index (χ4v) is 4.81. The van der Waals surface area contributed by atoms with Crippen molar-refractivity contribution in [3.05, 3.63) is 60.0 Å². The molecule has 1 fully saturated rings. The molecule has 0 N–H and O–H groups in total. The van der Waals surface area contributed by atoms with E-state index in [0.717, 1.165) is 11.5 Å². The van der Waals surface area contributed by atoms with Crippen LogP contribution in [0.1, 0.15) is 30.1 Å². The van der Waals surface area contributed by atoms with E-state index < -0.39 is 10.0 Å². The summed E-state index contributed by atoms with van der Waals surface area (Å²) in [5.74, 6) is 1.07. The van der Waals surface area contributed by atoms with E-state index in [-0.39, 0.29) is 10.8 Å². The average molecular weight is 367 g/mol. The van der Waals surface area contributed by atoms with Gasteiger partial charge >= 0.3 is 0 Å². The smallest absolute Gasteiger partial charge is 0.243 e. The monoisotopic (exact) mass is 367 g/mol. The van der Waals surface area contributed by atoms with E-state index in [4.69, 9.17) is 5.26 Å². The van der Waals surface area contributed by atoms with Crippen molar-refractivity contribution in [3.8, 4) is 6.07 Å². The van der Waals surface area contributed by atoms with Gasteiger partial charge in [-0.25, -0.2) is 8.42 Å². The molecule has 26 heavy (non-hydrogen) atoms. The Morgan fingerprint density at radius 3 is 2.46 bits per heavy atom. The zero-order chi connectivity index (χ0) is 18.1. The van der Waals surface area contributed by atoms with Crippen LogP contribution in [0.15, 0.2) is 53.6 Å². The zero-order valence-electron chi connectivity index (χ0n) is 14.0. The molecule has 3 aromatic rings. The molecule has 1 aliphatic rings. The number of sulfonamides is 1. The van der Waals surface area contributed by atoms with Gasteiger partial charge in [0.1, 0.15) is 5.82 Å². The van der Waals surface area contributed by atoms with Crippen LogP contribution in [0.3, 0.4) is 0 Å². The van der Waals surface area contributed by atoms with Crippen molar-refractivity contribution < 1.29 is 8.42 Å². The van der Waals surface area contributed by atoms with Crippen LogP contribution in [0.2, 0.25) is 0 Å². The Bertz CT molecular complexity index is 1070. The Balaban J connectivity index is 1.51. The van der Waals surface area contributed by atoms with Crippen LogP contribution < -0.4 is 0 Å². The molecule has 0 unspecified atom stereocenters. The minimum absolute atomic E-state index is 0.180. The van der Waals surface area contributed by atoms with Gasteiger partial charge in [0.25, 0.3) is 0 Å². The number of nitrogens with zero attached hydrogens (tertiary/aromatic N) is 5.